The quantitative estimate of drug-likeness (QED) is 0.567. The highest BCUT2D eigenvalue weighted by molar-refractivity contribution is 7.22. The van der Waals surface area contributed by atoms with E-state index in [0.29, 0.717) is 5.82 Å². The van der Waals surface area contributed by atoms with Crippen LogP contribution in [0.15, 0.2) is 24.5 Å². The summed E-state index contributed by atoms with van der Waals surface area (Å²) in [5.74, 6) is 1.35. The molecule has 27 heavy (non-hydrogen) atoms. The highest BCUT2D eigenvalue weighted by Crippen LogP contribution is 2.42. The van der Waals surface area contributed by atoms with Crippen LogP contribution in [0.1, 0.15) is 18.0 Å². The molecule has 138 valence electrons. The van der Waals surface area contributed by atoms with Crippen LogP contribution in [-0.2, 0) is 0 Å². The summed E-state index contributed by atoms with van der Waals surface area (Å²) < 4.78 is 8.70. The zero-order valence-corrected chi connectivity index (χ0v) is 16.0. The van der Waals surface area contributed by atoms with Crippen molar-refractivity contribution in [2.24, 2.45) is 0 Å². The van der Waals surface area contributed by atoms with Gasteiger partial charge in [-0.3, -0.25) is 0 Å². The number of aromatic nitrogens is 4. The van der Waals surface area contributed by atoms with Crippen molar-refractivity contribution >= 4 is 38.3 Å². The van der Waals surface area contributed by atoms with Gasteiger partial charge in [-0.1, -0.05) is 6.07 Å². The van der Waals surface area contributed by atoms with Gasteiger partial charge in [0.2, 0.25) is 0 Å². The molecule has 0 radical (unpaired) electrons. The highest BCUT2D eigenvalue weighted by atomic mass is 32.1. The number of hydrogen-bond donors (Lipinski definition) is 2. The van der Waals surface area contributed by atoms with Crippen LogP contribution in [0.4, 0.5) is 5.82 Å². The van der Waals surface area contributed by atoms with Gasteiger partial charge in [0.05, 0.1) is 28.1 Å². The standard InChI is InChI=1S/C19H20N6OS/c1-10-5-11-7-14(27-17(11)13(6-10)26-2)16-15-18(20)22-9-23-19(15)25(24-16)12-3-4-21-8-12/h5-7,9,12,21H,3-4,8H2,1-2H3,(H2,20,22,23). The molecule has 1 atom stereocenters. The van der Waals surface area contributed by atoms with Crippen molar-refractivity contribution in [3.8, 4) is 16.3 Å². The number of nitrogens with zero attached hydrogens (tertiary/aromatic N) is 4. The Morgan fingerprint density at radius 3 is 2.96 bits per heavy atom. The van der Waals surface area contributed by atoms with Crippen LogP contribution in [-0.4, -0.2) is 39.9 Å². The average molecular weight is 380 g/mol. The van der Waals surface area contributed by atoms with Gasteiger partial charge in [-0.2, -0.15) is 5.10 Å². The van der Waals surface area contributed by atoms with Crippen molar-refractivity contribution in [1.82, 2.24) is 25.1 Å². The van der Waals surface area contributed by atoms with Gasteiger partial charge in [-0.05, 0) is 43.0 Å². The second kappa shape index (κ2) is 6.17. The molecule has 4 aromatic rings. The number of ether oxygens (including phenoxy) is 1. The first-order valence-corrected chi connectivity index (χ1v) is 9.75. The van der Waals surface area contributed by atoms with Gasteiger partial charge in [0.15, 0.2) is 5.65 Å². The maximum absolute atomic E-state index is 6.24. The lowest BCUT2D eigenvalue weighted by molar-refractivity contribution is 0.420. The third kappa shape index (κ3) is 2.55. The molecular formula is C19H20N6OS. The summed E-state index contributed by atoms with van der Waals surface area (Å²) in [5.41, 5.74) is 9.05. The Kier molecular flexibility index (Phi) is 3.76. The van der Waals surface area contributed by atoms with Crippen LogP contribution >= 0.6 is 11.3 Å². The molecule has 1 aromatic carbocycles. The number of nitrogen functional groups attached to an aromatic ring is 1. The fraction of sp³-hybridized carbons (Fsp3) is 0.316. The molecule has 0 spiro atoms. The molecule has 3 aromatic heterocycles. The number of anilines is 1. The summed E-state index contributed by atoms with van der Waals surface area (Å²) in [6.45, 7) is 3.95. The molecular weight excluding hydrogens is 360 g/mol. The molecule has 3 N–H and O–H groups in total. The molecule has 0 amide bonds. The minimum atomic E-state index is 0.279. The number of fused-ring (bicyclic) bond motifs is 2. The monoisotopic (exact) mass is 380 g/mol. The summed E-state index contributed by atoms with van der Waals surface area (Å²) in [4.78, 5) is 9.76. The molecule has 5 rings (SSSR count). The van der Waals surface area contributed by atoms with Crippen molar-refractivity contribution in [1.29, 1.82) is 0 Å². The fourth-order valence-corrected chi connectivity index (χ4v) is 4.93. The topological polar surface area (TPSA) is 90.9 Å². The molecule has 1 unspecified atom stereocenters. The zero-order chi connectivity index (χ0) is 18.5. The Morgan fingerprint density at radius 1 is 1.30 bits per heavy atom. The maximum Gasteiger partial charge on any atom is 0.164 e. The number of methoxy groups -OCH3 is 1. The van der Waals surface area contributed by atoms with Gasteiger partial charge in [-0.25, -0.2) is 14.6 Å². The van der Waals surface area contributed by atoms with Crippen LogP contribution in [0.3, 0.4) is 0 Å². The van der Waals surface area contributed by atoms with E-state index >= 15 is 0 Å². The van der Waals surface area contributed by atoms with E-state index in [0.717, 1.165) is 57.0 Å². The van der Waals surface area contributed by atoms with Crippen LogP contribution in [0, 0.1) is 6.92 Å². The van der Waals surface area contributed by atoms with Crippen LogP contribution in [0.25, 0.3) is 31.7 Å². The molecule has 0 aliphatic carbocycles. The average Bonchev–Trinajstić information content (AvgIpc) is 3.38. The summed E-state index contributed by atoms with van der Waals surface area (Å²) in [5, 5.41) is 10.3. The Balaban J connectivity index is 1.76. The summed E-state index contributed by atoms with van der Waals surface area (Å²) >= 11 is 1.66. The van der Waals surface area contributed by atoms with E-state index in [-0.39, 0.29) is 6.04 Å². The van der Waals surface area contributed by atoms with Gasteiger partial charge >= 0.3 is 0 Å². The van der Waals surface area contributed by atoms with Gasteiger partial charge in [0.1, 0.15) is 23.6 Å². The largest absolute Gasteiger partial charge is 0.495 e. The molecule has 1 fully saturated rings. The molecule has 8 heteroatoms. The van der Waals surface area contributed by atoms with Gasteiger partial charge < -0.3 is 15.8 Å². The number of thiophene rings is 1. The maximum atomic E-state index is 6.24. The second-order valence-electron chi connectivity index (χ2n) is 6.89. The minimum Gasteiger partial charge on any atom is -0.495 e. The van der Waals surface area contributed by atoms with E-state index in [2.05, 4.69) is 40.4 Å². The molecule has 7 nitrogen and oxygen atoms in total. The number of aryl methyl sites for hydroxylation is 1. The van der Waals surface area contributed by atoms with Crippen molar-refractivity contribution in [3.63, 3.8) is 0 Å². The number of nitrogens with one attached hydrogen (secondary N) is 1. The Morgan fingerprint density at radius 2 is 2.19 bits per heavy atom. The fourth-order valence-electron chi connectivity index (χ4n) is 3.80. The number of hydrogen-bond acceptors (Lipinski definition) is 7. The summed E-state index contributed by atoms with van der Waals surface area (Å²) in [6, 6.07) is 6.65. The third-order valence-corrected chi connectivity index (χ3v) is 6.25. The lowest BCUT2D eigenvalue weighted by atomic mass is 10.1. The summed E-state index contributed by atoms with van der Waals surface area (Å²) in [6.07, 6.45) is 2.54. The van der Waals surface area contributed by atoms with Crippen molar-refractivity contribution < 1.29 is 4.74 Å². The second-order valence-corrected chi connectivity index (χ2v) is 7.95. The predicted molar refractivity (Wildman–Crippen MR) is 108 cm³/mol. The first-order valence-electron chi connectivity index (χ1n) is 8.93. The Labute approximate surface area is 160 Å². The van der Waals surface area contributed by atoms with E-state index in [1.807, 2.05) is 4.68 Å². The van der Waals surface area contributed by atoms with Crippen molar-refractivity contribution in [3.05, 3.63) is 30.1 Å². The van der Waals surface area contributed by atoms with E-state index in [4.69, 9.17) is 15.6 Å². The smallest absolute Gasteiger partial charge is 0.164 e. The number of rotatable bonds is 3. The van der Waals surface area contributed by atoms with Gasteiger partial charge in [-0.15, -0.1) is 11.3 Å². The van der Waals surface area contributed by atoms with Crippen LogP contribution < -0.4 is 15.8 Å². The van der Waals surface area contributed by atoms with Crippen molar-refractivity contribution in [2.45, 2.75) is 19.4 Å². The molecule has 1 aliphatic rings. The van der Waals surface area contributed by atoms with E-state index < -0.39 is 0 Å². The zero-order valence-electron chi connectivity index (χ0n) is 15.2. The highest BCUT2D eigenvalue weighted by Gasteiger charge is 2.25. The first-order chi connectivity index (χ1) is 13.2. The van der Waals surface area contributed by atoms with Crippen LogP contribution in [0.2, 0.25) is 0 Å². The molecule has 0 saturated carbocycles. The number of nitrogens with two attached hydrogens (primary N) is 1. The SMILES string of the molecule is COc1cc(C)cc2cc(-c3nn(C4CCNC4)c4ncnc(N)c34)sc12. The molecule has 0 bridgehead atoms. The Bertz CT molecular complexity index is 1160. The third-order valence-electron chi connectivity index (χ3n) is 5.08. The van der Waals surface area contributed by atoms with Gasteiger partial charge in [0, 0.05) is 6.54 Å². The molecule has 1 aliphatic heterocycles. The van der Waals surface area contributed by atoms with E-state index in [1.54, 1.807) is 18.4 Å². The van der Waals surface area contributed by atoms with Crippen molar-refractivity contribution in [2.75, 3.05) is 25.9 Å². The lowest BCUT2D eigenvalue weighted by Crippen LogP contribution is -2.15. The number of benzene rings is 1. The first kappa shape index (κ1) is 16.5. The van der Waals surface area contributed by atoms with E-state index in [9.17, 15) is 0 Å². The minimum absolute atomic E-state index is 0.279. The molecule has 4 heterocycles. The normalized spacial score (nSPS) is 17.2. The summed E-state index contributed by atoms with van der Waals surface area (Å²) in [7, 11) is 1.71. The van der Waals surface area contributed by atoms with Crippen LogP contribution in [0.5, 0.6) is 5.75 Å². The van der Waals surface area contributed by atoms with E-state index in [1.165, 1.54) is 11.9 Å². The lowest BCUT2D eigenvalue weighted by Gasteiger charge is -2.09. The Hall–Kier alpha value is -2.71. The molecule has 1 saturated heterocycles. The van der Waals surface area contributed by atoms with Gasteiger partial charge in [0.25, 0.3) is 0 Å². The predicted octanol–water partition coefficient (Wildman–Crippen LogP) is 3.14.